The number of non-ortho nitro benzene ring substituents is 1. The summed E-state index contributed by atoms with van der Waals surface area (Å²) in [5, 5.41) is 10.9. The van der Waals surface area contributed by atoms with Crippen molar-refractivity contribution in [2.24, 2.45) is 5.92 Å². The maximum atomic E-state index is 12.9. The predicted molar refractivity (Wildman–Crippen MR) is 110 cm³/mol. The Morgan fingerprint density at radius 3 is 2.52 bits per heavy atom. The van der Waals surface area contributed by atoms with Crippen LogP contribution in [-0.2, 0) is 19.6 Å². The lowest BCUT2D eigenvalue weighted by molar-refractivity contribution is -0.385. The summed E-state index contributed by atoms with van der Waals surface area (Å²) in [6.45, 7) is 3.50. The molecule has 12 heteroatoms. The zero-order valence-corrected chi connectivity index (χ0v) is 18.1. The SMILES string of the molecule is CCOC(=O)N1CCCC(C(=O)N2CCN(S(=O)(=O)c3cccc([N+](=O)[O-])c3)CC2)C1. The van der Waals surface area contributed by atoms with Crippen LogP contribution in [0.3, 0.4) is 0 Å². The topological polar surface area (TPSA) is 130 Å². The molecule has 0 saturated carbocycles. The van der Waals surface area contributed by atoms with Crippen LogP contribution in [0.4, 0.5) is 10.5 Å². The first-order chi connectivity index (χ1) is 14.7. The van der Waals surface area contributed by atoms with Crippen molar-refractivity contribution in [3.63, 3.8) is 0 Å². The van der Waals surface area contributed by atoms with Crippen molar-refractivity contribution in [3.05, 3.63) is 34.4 Å². The standard InChI is InChI=1S/C19H26N4O7S/c1-2-30-19(25)21-8-4-5-15(14-21)18(24)20-9-11-22(12-10-20)31(28,29)17-7-3-6-16(13-17)23(26)27/h3,6-7,13,15H,2,4-5,8-12,14H2,1H3. The number of benzene rings is 1. The number of nitrogens with zero attached hydrogens (tertiary/aromatic N) is 4. The van der Waals surface area contributed by atoms with Crippen molar-refractivity contribution in [3.8, 4) is 0 Å². The smallest absolute Gasteiger partial charge is 0.409 e. The Hall–Kier alpha value is -2.73. The first-order valence-corrected chi connectivity index (χ1v) is 11.6. The maximum absolute atomic E-state index is 12.9. The minimum Gasteiger partial charge on any atom is -0.450 e. The first-order valence-electron chi connectivity index (χ1n) is 10.2. The molecule has 2 aliphatic heterocycles. The number of piperidine rings is 1. The molecule has 1 aromatic rings. The van der Waals surface area contributed by atoms with E-state index in [1.165, 1.54) is 22.5 Å². The number of sulfonamides is 1. The Bertz CT molecular complexity index is 944. The molecule has 170 valence electrons. The Balaban J connectivity index is 1.61. The predicted octanol–water partition coefficient (Wildman–Crippen LogP) is 1.30. The lowest BCUT2D eigenvalue weighted by Gasteiger charge is -2.38. The molecular weight excluding hydrogens is 428 g/mol. The summed E-state index contributed by atoms with van der Waals surface area (Å²) in [6.07, 6.45) is 0.949. The molecule has 11 nitrogen and oxygen atoms in total. The number of carbonyl (C=O) groups is 2. The summed E-state index contributed by atoms with van der Waals surface area (Å²) >= 11 is 0. The van der Waals surface area contributed by atoms with Crippen molar-refractivity contribution in [1.29, 1.82) is 0 Å². The first kappa shape index (κ1) is 22.9. The molecule has 0 radical (unpaired) electrons. The molecule has 31 heavy (non-hydrogen) atoms. The summed E-state index contributed by atoms with van der Waals surface area (Å²) in [7, 11) is -3.90. The molecule has 0 aromatic heterocycles. The van der Waals surface area contributed by atoms with Gasteiger partial charge in [0.15, 0.2) is 0 Å². The summed E-state index contributed by atoms with van der Waals surface area (Å²) in [5.41, 5.74) is -0.293. The second-order valence-corrected chi connectivity index (χ2v) is 9.41. The molecule has 2 saturated heterocycles. The van der Waals surface area contributed by atoms with Gasteiger partial charge in [-0.3, -0.25) is 14.9 Å². The molecule has 2 fully saturated rings. The quantitative estimate of drug-likeness (QED) is 0.484. The second kappa shape index (κ2) is 9.60. The molecule has 0 N–H and O–H groups in total. The van der Waals surface area contributed by atoms with Gasteiger partial charge in [0.25, 0.3) is 5.69 Å². The number of amides is 2. The number of ether oxygens (including phenoxy) is 1. The highest BCUT2D eigenvalue weighted by atomic mass is 32.2. The molecular formula is C19H26N4O7S. The van der Waals surface area contributed by atoms with Gasteiger partial charge < -0.3 is 14.5 Å². The van der Waals surface area contributed by atoms with Crippen LogP contribution in [0.15, 0.2) is 29.2 Å². The highest BCUT2D eigenvalue weighted by molar-refractivity contribution is 7.89. The van der Waals surface area contributed by atoms with Gasteiger partial charge in [-0.1, -0.05) is 6.07 Å². The monoisotopic (exact) mass is 454 g/mol. The van der Waals surface area contributed by atoms with Crippen LogP contribution < -0.4 is 0 Å². The highest BCUT2D eigenvalue weighted by Crippen LogP contribution is 2.24. The van der Waals surface area contributed by atoms with Crippen LogP contribution in [-0.4, -0.2) is 85.3 Å². The van der Waals surface area contributed by atoms with Gasteiger partial charge in [0, 0.05) is 51.4 Å². The van der Waals surface area contributed by atoms with Crippen LogP contribution in [0.2, 0.25) is 0 Å². The number of hydrogen-bond donors (Lipinski definition) is 0. The average molecular weight is 455 g/mol. The molecule has 1 aromatic carbocycles. The molecule has 0 spiro atoms. The van der Waals surface area contributed by atoms with Gasteiger partial charge in [-0.25, -0.2) is 13.2 Å². The molecule has 3 rings (SSSR count). The van der Waals surface area contributed by atoms with Gasteiger partial charge in [0.05, 0.1) is 22.3 Å². The van der Waals surface area contributed by atoms with E-state index in [1.807, 2.05) is 0 Å². The highest BCUT2D eigenvalue weighted by Gasteiger charge is 2.35. The number of piperazine rings is 1. The van der Waals surface area contributed by atoms with E-state index in [-0.39, 0.29) is 55.2 Å². The minimum absolute atomic E-state index is 0.0959. The third kappa shape index (κ3) is 5.13. The van der Waals surface area contributed by atoms with Crippen LogP contribution in [0, 0.1) is 16.0 Å². The third-order valence-corrected chi connectivity index (χ3v) is 7.41. The number of rotatable bonds is 5. The van der Waals surface area contributed by atoms with E-state index >= 15 is 0 Å². The fourth-order valence-electron chi connectivity index (χ4n) is 3.87. The Kier molecular flexibility index (Phi) is 7.11. The van der Waals surface area contributed by atoms with Crippen LogP contribution in [0.5, 0.6) is 0 Å². The van der Waals surface area contributed by atoms with Gasteiger partial charge in [-0.15, -0.1) is 0 Å². The van der Waals surface area contributed by atoms with E-state index < -0.39 is 21.0 Å². The van der Waals surface area contributed by atoms with Crippen molar-refractivity contribution < 1.29 is 27.7 Å². The summed E-state index contributed by atoms with van der Waals surface area (Å²) in [5.74, 6) is -0.431. The van der Waals surface area contributed by atoms with Crippen molar-refractivity contribution in [1.82, 2.24) is 14.1 Å². The van der Waals surface area contributed by atoms with E-state index in [4.69, 9.17) is 4.74 Å². The zero-order valence-electron chi connectivity index (χ0n) is 17.3. The van der Waals surface area contributed by atoms with E-state index in [9.17, 15) is 28.1 Å². The van der Waals surface area contributed by atoms with E-state index in [1.54, 1.807) is 16.7 Å². The van der Waals surface area contributed by atoms with Gasteiger partial charge in [0.2, 0.25) is 15.9 Å². The third-order valence-electron chi connectivity index (χ3n) is 5.51. The summed E-state index contributed by atoms with van der Waals surface area (Å²) in [6, 6.07) is 4.94. The summed E-state index contributed by atoms with van der Waals surface area (Å²) < 4.78 is 32.0. The molecule has 1 unspecified atom stereocenters. The van der Waals surface area contributed by atoms with Crippen molar-refractivity contribution >= 4 is 27.7 Å². The molecule has 0 bridgehead atoms. The van der Waals surface area contributed by atoms with E-state index in [0.717, 1.165) is 6.07 Å². The number of carbonyl (C=O) groups excluding carboxylic acids is 2. The average Bonchev–Trinajstić information content (AvgIpc) is 2.79. The molecule has 2 amide bonds. The number of nitro benzene ring substituents is 1. The normalized spacial score (nSPS) is 20.4. The second-order valence-electron chi connectivity index (χ2n) is 7.47. The van der Waals surface area contributed by atoms with Gasteiger partial charge in [-0.05, 0) is 25.8 Å². The Labute approximate surface area is 180 Å². The number of nitro groups is 1. The van der Waals surface area contributed by atoms with Crippen molar-refractivity contribution in [2.45, 2.75) is 24.7 Å². The zero-order chi connectivity index (χ0) is 22.6. The van der Waals surface area contributed by atoms with Gasteiger partial charge in [-0.2, -0.15) is 4.31 Å². The molecule has 2 aliphatic rings. The van der Waals surface area contributed by atoms with Crippen LogP contribution >= 0.6 is 0 Å². The molecule has 2 heterocycles. The number of hydrogen-bond acceptors (Lipinski definition) is 7. The fraction of sp³-hybridized carbons (Fsp3) is 0.579. The number of likely N-dealkylation sites (tertiary alicyclic amines) is 1. The lowest BCUT2D eigenvalue weighted by atomic mass is 9.96. The minimum atomic E-state index is -3.90. The van der Waals surface area contributed by atoms with Crippen molar-refractivity contribution in [2.75, 3.05) is 45.9 Å². The van der Waals surface area contributed by atoms with Gasteiger partial charge >= 0.3 is 6.09 Å². The van der Waals surface area contributed by atoms with Gasteiger partial charge in [0.1, 0.15) is 0 Å². The van der Waals surface area contributed by atoms with Crippen LogP contribution in [0.25, 0.3) is 0 Å². The lowest BCUT2D eigenvalue weighted by Crippen LogP contribution is -2.54. The Morgan fingerprint density at radius 2 is 1.87 bits per heavy atom. The van der Waals surface area contributed by atoms with Crippen LogP contribution in [0.1, 0.15) is 19.8 Å². The van der Waals surface area contributed by atoms with E-state index in [0.29, 0.717) is 25.9 Å². The summed E-state index contributed by atoms with van der Waals surface area (Å²) in [4.78, 5) is 38.2. The Morgan fingerprint density at radius 1 is 1.16 bits per heavy atom. The maximum Gasteiger partial charge on any atom is 0.409 e. The fourth-order valence-corrected chi connectivity index (χ4v) is 5.34. The molecule has 0 aliphatic carbocycles. The van der Waals surface area contributed by atoms with E-state index in [2.05, 4.69) is 0 Å². The largest absolute Gasteiger partial charge is 0.450 e. The molecule has 1 atom stereocenters.